The number of nitrogens with two attached hydrogens (primary N) is 1. The molecule has 17 heavy (non-hydrogen) atoms. The molecule has 3 N–H and O–H groups in total. The topological polar surface area (TPSA) is 73.1 Å². The van der Waals surface area contributed by atoms with Crippen molar-refractivity contribution in [2.45, 2.75) is 6.92 Å². The van der Waals surface area contributed by atoms with Gasteiger partial charge in [-0.2, -0.15) is 0 Å². The second kappa shape index (κ2) is 5.16. The van der Waals surface area contributed by atoms with Crippen LogP contribution in [0.5, 0.6) is 5.88 Å². The van der Waals surface area contributed by atoms with Crippen LogP contribution in [0.25, 0.3) is 0 Å². The Kier molecular flexibility index (Phi) is 3.40. The van der Waals surface area contributed by atoms with Crippen molar-refractivity contribution in [1.29, 1.82) is 0 Å². The predicted octanol–water partition coefficient (Wildman–Crippen LogP) is 2.20. The first-order chi connectivity index (χ1) is 8.28. The summed E-state index contributed by atoms with van der Waals surface area (Å²) in [5.74, 6) is 1.78. The lowest BCUT2D eigenvalue weighted by Crippen LogP contribution is -1.98. The van der Waals surface area contributed by atoms with Crippen molar-refractivity contribution >= 4 is 17.3 Å². The van der Waals surface area contributed by atoms with Crippen LogP contribution in [0.15, 0.2) is 36.5 Å². The minimum absolute atomic E-state index is 0.480. The van der Waals surface area contributed by atoms with Gasteiger partial charge >= 0.3 is 0 Å². The van der Waals surface area contributed by atoms with Gasteiger partial charge in [-0.05, 0) is 25.1 Å². The highest BCUT2D eigenvalue weighted by molar-refractivity contribution is 5.56. The summed E-state index contributed by atoms with van der Waals surface area (Å²) in [6, 6.07) is 9.10. The Labute approximate surface area is 99.7 Å². The first-order valence-electron chi connectivity index (χ1n) is 5.36. The molecule has 0 spiro atoms. The average molecular weight is 230 g/mol. The average Bonchev–Trinajstić information content (AvgIpc) is 2.32. The summed E-state index contributed by atoms with van der Waals surface area (Å²) in [7, 11) is 0. The standard InChI is InChI=1S/C12H14N4O/c1-2-17-12-7-6-9(8-14-12)15-11-5-3-4-10(13)16-11/h3-8H,2H2,1H3,(H3,13,15,16). The Hall–Kier alpha value is -2.30. The third-order valence-electron chi connectivity index (χ3n) is 2.07. The molecule has 0 radical (unpaired) electrons. The van der Waals surface area contributed by atoms with E-state index in [1.807, 2.05) is 25.1 Å². The molecule has 2 rings (SSSR count). The SMILES string of the molecule is CCOc1ccc(Nc2cccc(N)n2)cn1. The van der Waals surface area contributed by atoms with Crippen molar-refractivity contribution in [2.24, 2.45) is 0 Å². The fourth-order valence-corrected chi connectivity index (χ4v) is 1.36. The molecule has 0 fully saturated rings. The van der Waals surface area contributed by atoms with Gasteiger partial charge in [0.2, 0.25) is 5.88 Å². The number of rotatable bonds is 4. The van der Waals surface area contributed by atoms with E-state index in [0.29, 0.717) is 24.1 Å². The van der Waals surface area contributed by atoms with E-state index in [9.17, 15) is 0 Å². The third kappa shape index (κ3) is 3.07. The minimum atomic E-state index is 0.480. The zero-order chi connectivity index (χ0) is 12.1. The lowest BCUT2D eigenvalue weighted by atomic mass is 10.4. The van der Waals surface area contributed by atoms with Crippen LogP contribution in [0.3, 0.4) is 0 Å². The summed E-state index contributed by atoms with van der Waals surface area (Å²) in [5, 5.41) is 3.10. The number of nitrogens with one attached hydrogen (secondary N) is 1. The Bertz CT molecular complexity index is 484. The van der Waals surface area contributed by atoms with E-state index >= 15 is 0 Å². The number of hydrogen-bond donors (Lipinski definition) is 2. The van der Waals surface area contributed by atoms with Gasteiger partial charge in [-0.15, -0.1) is 0 Å². The molecule has 0 aliphatic heterocycles. The quantitative estimate of drug-likeness (QED) is 0.842. The smallest absolute Gasteiger partial charge is 0.213 e. The Balaban J connectivity index is 2.08. The van der Waals surface area contributed by atoms with Gasteiger partial charge < -0.3 is 15.8 Å². The second-order valence-electron chi connectivity index (χ2n) is 3.39. The normalized spacial score (nSPS) is 9.94. The minimum Gasteiger partial charge on any atom is -0.478 e. The number of nitrogens with zero attached hydrogens (tertiary/aromatic N) is 2. The first-order valence-corrected chi connectivity index (χ1v) is 5.36. The summed E-state index contributed by atoms with van der Waals surface area (Å²) in [4.78, 5) is 8.28. The highest BCUT2D eigenvalue weighted by Gasteiger charge is 1.98. The fraction of sp³-hybridized carbons (Fsp3) is 0.167. The van der Waals surface area contributed by atoms with Gasteiger partial charge in [0.25, 0.3) is 0 Å². The van der Waals surface area contributed by atoms with E-state index in [1.54, 1.807) is 18.3 Å². The number of anilines is 3. The molecule has 5 nitrogen and oxygen atoms in total. The second-order valence-corrected chi connectivity index (χ2v) is 3.39. The molecule has 0 amide bonds. The monoisotopic (exact) mass is 230 g/mol. The van der Waals surface area contributed by atoms with Crippen LogP contribution < -0.4 is 15.8 Å². The molecule has 2 aromatic heterocycles. The first kappa shape index (κ1) is 11.2. The maximum Gasteiger partial charge on any atom is 0.213 e. The van der Waals surface area contributed by atoms with Crippen molar-refractivity contribution in [3.05, 3.63) is 36.5 Å². The molecule has 0 unspecified atom stereocenters. The van der Waals surface area contributed by atoms with Gasteiger partial charge in [-0.1, -0.05) is 6.07 Å². The summed E-state index contributed by atoms with van der Waals surface area (Å²) >= 11 is 0. The van der Waals surface area contributed by atoms with Crippen LogP contribution in [0.1, 0.15) is 6.92 Å². The molecule has 0 aromatic carbocycles. The maximum atomic E-state index is 5.59. The zero-order valence-corrected chi connectivity index (χ0v) is 9.55. The Morgan fingerprint density at radius 2 is 2.18 bits per heavy atom. The van der Waals surface area contributed by atoms with Crippen molar-refractivity contribution in [3.8, 4) is 5.88 Å². The molecule has 0 bridgehead atoms. The molecule has 0 aliphatic rings. The van der Waals surface area contributed by atoms with Crippen LogP contribution in [-0.2, 0) is 0 Å². The van der Waals surface area contributed by atoms with E-state index in [0.717, 1.165) is 5.69 Å². The molecule has 88 valence electrons. The van der Waals surface area contributed by atoms with E-state index in [1.165, 1.54) is 0 Å². The van der Waals surface area contributed by atoms with Crippen LogP contribution in [0.4, 0.5) is 17.3 Å². The number of pyridine rings is 2. The molecule has 2 heterocycles. The van der Waals surface area contributed by atoms with Crippen molar-refractivity contribution in [1.82, 2.24) is 9.97 Å². The number of hydrogen-bond acceptors (Lipinski definition) is 5. The third-order valence-corrected chi connectivity index (χ3v) is 2.07. The molecule has 0 aliphatic carbocycles. The summed E-state index contributed by atoms with van der Waals surface area (Å²) in [6.07, 6.45) is 1.69. The largest absolute Gasteiger partial charge is 0.478 e. The van der Waals surface area contributed by atoms with E-state index in [2.05, 4.69) is 15.3 Å². The molecular formula is C12H14N4O. The van der Waals surface area contributed by atoms with E-state index in [-0.39, 0.29) is 0 Å². The molecule has 0 saturated heterocycles. The van der Waals surface area contributed by atoms with Crippen molar-refractivity contribution in [2.75, 3.05) is 17.7 Å². The Morgan fingerprint density at radius 3 is 2.82 bits per heavy atom. The fourth-order valence-electron chi connectivity index (χ4n) is 1.36. The van der Waals surface area contributed by atoms with E-state index < -0.39 is 0 Å². The highest BCUT2D eigenvalue weighted by atomic mass is 16.5. The van der Waals surface area contributed by atoms with Gasteiger partial charge in [0.15, 0.2) is 0 Å². The molecule has 2 aromatic rings. The molecular weight excluding hydrogens is 216 g/mol. The summed E-state index contributed by atoms with van der Waals surface area (Å²) < 4.78 is 5.26. The highest BCUT2D eigenvalue weighted by Crippen LogP contribution is 2.16. The summed E-state index contributed by atoms with van der Waals surface area (Å²) in [5.41, 5.74) is 6.43. The maximum absolute atomic E-state index is 5.59. The van der Waals surface area contributed by atoms with Gasteiger partial charge in [-0.25, -0.2) is 9.97 Å². The van der Waals surface area contributed by atoms with Crippen LogP contribution in [0, 0.1) is 0 Å². The lowest BCUT2D eigenvalue weighted by molar-refractivity contribution is 0.327. The van der Waals surface area contributed by atoms with Gasteiger partial charge in [0.05, 0.1) is 18.5 Å². The van der Waals surface area contributed by atoms with Crippen LogP contribution in [0.2, 0.25) is 0 Å². The predicted molar refractivity (Wildman–Crippen MR) is 67.3 cm³/mol. The van der Waals surface area contributed by atoms with Gasteiger partial charge in [-0.3, -0.25) is 0 Å². The van der Waals surface area contributed by atoms with E-state index in [4.69, 9.17) is 10.5 Å². The zero-order valence-electron chi connectivity index (χ0n) is 9.55. The van der Waals surface area contributed by atoms with Gasteiger partial charge in [0.1, 0.15) is 11.6 Å². The van der Waals surface area contributed by atoms with Crippen LogP contribution in [-0.4, -0.2) is 16.6 Å². The number of ether oxygens (including phenoxy) is 1. The van der Waals surface area contributed by atoms with Gasteiger partial charge in [0, 0.05) is 6.07 Å². The molecule has 0 atom stereocenters. The van der Waals surface area contributed by atoms with Crippen molar-refractivity contribution < 1.29 is 4.74 Å². The lowest BCUT2D eigenvalue weighted by Gasteiger charge is -2.06. The Morgan fingerprint density at radius 1 is 1.29 bits per heavy atom. The van der Waals surface area contributed by atoms with Crippen molar-refractivity contribution in [3.63, 3.8) is 0 Å². The molecule has 0 saturated carbocycles. The molecule has 5 heteroatoms. The van der Waals surface area contributed by atoms with Crippen LogP contribution >= 0.6 is 0 Å². The number of aromatic nitrogens is 2. The number of nitrogen functional groups attached to an aromatic ring is 1. The summed E-state index contributed by atoms with van der Waals surface area (Å²) in [6.45, 7) is 2.53.